The lowest BCUT2D eigenvalue weighted by atomic mass is 10.2. The molecular weight excluding hydrogens is 244 g/mol. The van der Waals surface area contributed by atoms with E-state index in [9.17, 15) is 9.59 Å². The summed E-state index contributed by atoms with van der Waals surface area (Å²) in [6, 6.07) is 7.04. The summed E-state index contributed by atoms with van der Waals surface area (Å²) in [6.07, 6.45) is 2.97. The Morgan fingerprint density at radius 3 is 2.74 bits per heavy atom. The fourth-order valence-electron chi connectivity index (χ4n) is 1.44. The second kappa shape index (κ2) is 7.33. The number of aliphatic carboxylic acids is 1. The molecule has 0 aromatic heterocycles. The summed E-state index contributed by atoms with van der Waals surface area (Å²) < 4.78 is 0. The number of carboxylic acid groups (broad SMARTS) is 1. The normalized spacial score (nSPS) is 10.9. The molecule has 0 unspecified atom stereocenters. The van der Waals surface area contributed by atoms with E-state index in [1.165, 1.54) is 6.08 Å². The molecule has 2 N–H and O–H groups in total. The number of anilines is 1. The summed E-state index contributed by atoms with van der Waals surface area (Å²) >= 11 is 0. The highest BCUT2D eigenvalue weighted by Crippen LogP contribution is 2.12. The number of carbonyl (C=O) groups is 2. The van der Waals surface area contributed by atoms with E-state index in [2.05, 4.69) is 5.32 Å². The molecule has 0 fully saturated rings. The number of carbonyl (C=O) groups excluding carboxylic acids is 1. The minimum Gasteiger partial charge on any atom is -0.478 e. The fraction of sp³-hybridized carbons (Fsp3) is 0.286. The third-order valence-electron chi connectivity index (χ3n) is 2.37. The molecule has 5 heteroatoms. The zero-order valence-electron chi connectivity index (χ0n) is 11.1. The first-order valence-electron chi connectivity index (χ1n) is 5.93. The van der Waals surface area contributed by atoms with Gasteiger partial charge in [-0.2, -0.15) is 0 Å². The van der Waals surface area contributed by atoms with Crippen molar-refractivity contribution in [1.29, 1.82) is 0 Å². The first kappa shape index (κ1) is 14.9. The minimum atomic E-state index is -1.000. The van der Waals surface area contributed by atoms with E-state index in [-0.39, 0.29) is 5.91 Å². The fourth-order valence-corrected chi connectivity index (χ4v) is 1.44. The van der Waals surface area contributed by atoms with E-state index in [0.717, 1.165) is 11.6 Å². The number of amides is 1. The molecule has 0 aliphatic carbocycles. The van der Waals surface area contributed by atoms with E-state index in [1.807, 2.05) is 19.0 Å². The van der Waals surface area contributed by atoms with Gasteiger partial charge in [0, 0.05) is 24.7 Å². The predicted molar refractivity (Wildman–Crippen MR) is 74.9 cm³/mol. The van der Waals surface area contributed by atoms with Crippen molar-refractivity contribution in [2.45, 2.75) is 6.42 Å². The Morgan fingerprint density at radius 2 is 2.11 bits per heavy atom. The SMILES string of the molecule is CN(C)CCC(=O)Nc1cccc(/C=C/C(=O)O)c1. The molecule has 1 rings (SSSR count). The maximum atomic E-state index is 11.6. The van der Waals surface area contributed by atoms with Gasteiger partial charge in [-0.1, -0.05) is 12.1 Å². The minimum absolute atomic E-state index is 0.0620. The van der Waals surface area contributed by atoms with Crippen molar-refractivity contribution in [2.24, 2.45) is 0 Å². The standard InChI is InChI=1S/C14H18N2O3/c1-16(2)9-8-13(17)15-12-5-3-4-11(10-12)6-7-14(18)19/h3-7,10H,8-9H2,1-2H3,(H,15,17)(H,18,19)/b7-6+. The van der Waals surface area contributed by atoms with E-state index in [1.54, 1.807) is 24.3 Å². The van der Waals surface area contributed by atoms with Crippen LogP contribution in [0, 0.1) is 0 Å². The maximum absolute atomic E-state index is 11.6. The second-order valence-electron chi connectivity index (χ2n) is 4.40. The van der Waals surface area contributed by atoms with Gasteiger partial charge in [0.25, 0.3) is 0 Å². The van der Waals surface area contributed by atoms with Crippen LogP contribution in [0.25, 0.3) is 6.08 Å². The Kier molecular flexibility index (Phi) is 5.75. The van der Waals surface area contributed by atoms with Crippen molar-refractivity contribution in [3.63, 3.8) is 0 Å². The van der Waals surface area contributed by atoms with Crippen molar-refractivity contribution < 1.29 is 14.7 Å². The molecule has 5 nitrogen and oxygen atoms in total. The predicted octanol–water partition coefficient (Wildman–Crippen LogP) is 1.67. The smallest absolute Gasteiger partial charge is 0.328 e. The first-order chi connectivity index (χ1) is 8.97. The Morgan fingerprint density at radius 1 is 1.37 bits per heavy atom. The van der Waals surface area contributed by atoms with E-state index < -0.39 is 5.97 Å². The lowest BCUT2D eigenvalue weighted by Gasteiger charge is -2.10. The van der Waals surface area contributed by atoms with Crippen LogP contribution in [0.15, 0.2) is 30.3 Å². The molecule has 0 aliphatic heterocycles. The van der Waals surface area contributed by atoms with Gasteiger partial charge in [-0.05, 0) is 37.9 Å². The van der Waals surface area contributed by atoms with Crippen LogP contribution in [-0.4, -0.2) is 42.5 Å². The Hall–Kier alpha value is -2.14. The lowest BCUT2D eigenvalue weighted by molar-refractivity contribution is -0.131. The molecule has 102 valence electrons. The van der Waals surface area contributed by atoms with Crippen molar-refractivity contribution in [3.05, 3.63) is 35.9 Å². The topological polar surface area (TPSA) is 69.6 Å². The van der Waals surface area contributed by atoms with Gasteiger partial charge in [-0.25, -0.2) is 4.79 Å². The Bertz CT molecular complexity index is 481. The number of carboxylic acids is 1. The van der Waals surface area contributed by atoms with E-state index in [0.29, 0.717) is 18.7 Å². The van der Waals surface area contributed by atoms with E-state index >= 15 is 0 Å². The van der Waals surface area contributed by atoms with Crippen LogP contribution in [-0.2, 0) is 9.59 Å². The highest BCUT2D eigenvalue weighted by atomic mass is 16.4. The molecule has 0 atom stereocenters. The molecule has 1 amide bonds. The van der Waals surface area contributed by atoms with Crippen LogP contribution in [0.5, 0.6) is 0 Å². The van der Waals surface area contributed by atoms with Crippen LogP contribution < -0.4 is 5.32 Å². The molecule has 0 spiro atoms. The van der Waals surface area contributed by atoms with E-state index in [4.69, 9.17) is 5.11 Å². The molecule has 1 aromatic carbocycles. The Balaban J connectivity index is 2.61. The summed E-state index contributed by atoms with van der Waals surface area (Å²) in [7, 11) is 3.81. The quantitative estimate of drug-likeness (QED) is 0.765. The van der Waals surface area contributed by atoms with Gasteiger partial charge in [0.2, 0.25) is 5.91 Å². The summed E-state index contributed by atoms with van der Waals surface area (Å²) in [5.74, 6) is -1.06. The molecule has 0 radical (unpaired) electrons. The molecule has 19 heavy (non-hydrogen) atoms. The number of hydrogen-bond acceptors (Lipinski definition) is 3. The summed E-state index contributed by atoms with van der Waals surface area (Å²) in [6.45, 7) is 0.685. The summed E-state index contributed by atoms with van der Waals surface area (Å²) in [5.41, 5.74) is 1.39. The van der Waals surface area contributed by atoms with Crippen molar-refractivity contribution in [2.75, 3.05) is 26.0 Å². The van der Waals surface area contributed by atoms with Crippen molar-refractivity contribution in [3.8, 4) is 0 Å². The van der Waals surface area contributed by atoms with Gasteiger partial charge < -0.3 is 15.3 Å². The summed E-state index contributed by atoms with van der Waals surface area (Å²) in [4.78, 5) is 24.0. The van der Waals surface area contributed by atoms with Gasteiger partial charge in [0.05, 0.1) is 0 Å². The highest BCUT2D eigenvalue weighted by Gasteiger charge is 2.03. The third-order valence-corrected chi connectivity index (χ3v) is 2.37. The van der Waals surface area contributed by atoms with Gasteiger partial charge in [0.1, 0.15) is 0 Å². The summed E-state index contributed by atoms with van der Waals surface area (Å²) in [5, 5.41) is 11.3. The third kappa shape index (κ3) is 6.38. The number of rotatable bonds is 6. The molecule has 0 aliphatic rings. The number of nitrogens with zero attached hydrogens (tertiary/aromatic N) is 1. The van der Waals surface area contributed by atoms with Crippen LogP contribution in [0.4, 0.5) is 5.69 Å². The first-order valence-corrected chi connectivity index (χ1v) is 5.93. The molecule has 1 aromatic rings. The zero-order chi connectivity index (χ0) is 14.3. The van der Waals surface area contributed by atoms with Crippen molar-refractivity contribution in [1.82, 2.24) is 4.90 Å². The molecule has 0 saturated heterocycles. The molecule has 0 heterocycles. The average molecular weight is 262 g/mol. The monoisotopic (exact) mass is 262 g/mol. The molecular formula is C14H18N2O3. The van der Waals surface area contributed by atoms with Gasteiger partial charge in [-0.15, -0.1) is 0 Å². The molecule has 0 bridgehead atoms. The van der Waals surface area contributed by atoms with Gasteiger partial charge >= 0.3 is 5.97 Å². The lowest BCUT2D eigenvalue weighted by Crippen LogP contribution is -2.20. The van der Waals surface area contributed by atoms with Crippen LogP contribution in [0.2, 0.25) is 0 Å². The van der Waals surface area contributed by atoms with Crippen LogP contribution in [0.3, 0.4) is 0 Å². The van der Waals surface area contributed by atoms with Gasteiger partial charge in [0.15, 0.2) is 0 Å². The van der Waals surface area contributed by atoms with Crippen molar-refractivity contribution >= 4 is 23.6 Å². The second-order valence-corrected chi connectivity index (χ2v) is 4.40. The van der Waals surface area contributed by atoms with Gasteiger partial charge in [-0.3, -0.25) is 4.79 Å². The number of nitrogens with one attached hydrogen (secondary N) is 1. The number of hydrogen-bond donors (Lipinski definition) is 2. The molecule has 0 saturated carbocycles. The average Bonchev–Trinajstić information content (AvgIpc) is 2.34. The zero-order valence-corrected chi connectivity index (χ0v) is 11.1. The van der Waals surface area contributed by atoms with Crippen LogP contribution in [0.1, 0.15) is 12.0 Å². The Labute approximate surface area is 112 Å². The number of benzene rings is 1. The van der Waals surface area contributed by atoms with Crippen LogP contribution >= 0.6 is 0 Å². The highest BCUT2D eigenvalue weighted by molar-refractivity contribution is 5.91. The maximum Gasteiger partial charge on any atom is 0.328 e. The largest absolute Gasteiger partial charge is 0.478 e.